The lowest BCUT2D eigenvalue weighted by molar-refractivity contribution is 0.794. The number of rotatable bonds is 5. The highest BCUT2D eigenvalue weighted by Gasteiger charge is 2.13. The van der Waals surface area contributed by atoms with Crippen LogP contribution >= 0.6 is 22.9 Å². The molecule has 0 aliphatic heterocycles. The van der Waals surface area contributed by atoms with Crippen LogP contribution in [0, 0.1) is 6.92 Å². The van der Waals surface area contributed by atoms with Crippen molar-refractivity contribution in [3.63, 3.8) is 0 Å². The summed E-state index contributed by atoms with van der Waals surface area (Å²) in [6, 6.07) is 8.75. The molecule has 0 aliphatic rings. The normalized spacial score (nSPS) is 12.6. The molecule has 1 aromatic carbocycles. The van der Waals surface area contributed by atoms with Crippen LogP contribution < -0.4 is 0 Å². The van der Waals surface area contributed by atoms with Gasteiger partial charge in [0.25, 0.3) is 0 Å². The van der Waals surface area contributed by atoms with E-state index in [-0.39, 0.29) is 5.38 Å². The maximum Gasteiger partial charge on any atom is 0.0846 e. The molecule has 1 atom stereocenters. The molecule has 0 amide bonds. The Bertz CT molecular complexity index is 484. The first-order valence-corrected chi connectivity index (χ1v) is 7.86. The summed E-state index contributed by atoms with van der Waals surface area (Å²) in [4.78, 5) is 0. The Kier molecular flexibility index (Phi) is 4.85. The van der Waals surface area contributed by atoms with Gasteiger partial charge in [0, 0.05) is 0 Å². The smallest absolute Gasteiger partial charge is 0.0846 e. The second kappa shape index (κ2) is 6.40. The number of benzene rings is 1. The monoisotopic (exact) mass is 278 g/mol. The molecule has 0 radical (unpaired) electrons. The van der Waals surface area contributed by atoms with E-state index in [0.29, 0.717) is 0 Å². The number of alkyl halides is 1. The molecule has 2 aromatic rings. The summed E-state index contributed by atoms with van der Waals surface area (Å²) in [6.07, 6.45) is 3.67. The van der Waals surface area contributed by atoms with E-state index in [4.69, 9.17) is 11.6 Å². The average molecular weight is 279 g/mol. The van der Waals surface area contributed by atoms with Gasteiger partial charge in [0.1, 0.15) is 0 Å². The lowest BCUT2D eigenvalue weighted by Gasteiger charge is -2.10. The summed E-state index contributed by atoms with van der Waals surface area (Å²) >= 11 is 8.26. The van der Waals surface area contributed by atoms with Crippen molar-refractivity contribution in [2.24, 2.45) is 0 Å². The highest BCUT2D eigenvalue weighted by molar-refractivity contribution is 7.08. The fraction of sp³-hybridized carbons (Fsp3) is 0.375. The lowest BCUT2D eigenvalue weighted by atomic mass is 10.0. The Balaban J connectivity index is 2.12. The minimum absolute atomic E-state index is 0.0172. The predicted molar refractivity (Wildman–Crippen MR) is 81.8 cm³/mol. The highest BCUT2D eigenvalue weighted by Crippen LogP contribution is 2.33. The third kappa shape index (κ3) is 3.15. The van der Waals surface area contributed by atoms with Gasteiger partial charge in [-0.15, -0.1) is 11.6 Å². The van der Waals surface area contributed by atoms with Gasteiger partial charge in [0.15, 0.2) is 0 Å². The first-order valence-electron chi connectivity index (χ1n) is 6.48. The van der Waals surface area contributed by atoms with Crippen LogP contribution in [0.4, 0.5) is 0 Å². The molecule has 1 heterocycles. The second-order valence-electron chi connectivity index (χ2n) is 4.72. The maximum absolute atomic E-state index is 6.54. The Morgan fingerprint density at radius 1 is 1.17 bits per heavy atom. The molecule has 0 bridgehead atoms. The summed E-state index contributed by atoms with van der Waals surface area (Å²) in [5, 5.41) is 4.29. The van der Waals surface area contributed by atoms with Crippen LogP contribution in [0.15, 0.2) is 35.0 Å². The Morgan fingerprint density at radius 2 is 1.89 bits per heavy atom. The van der Waals surface area contributed by atoms with Crippen LogP contribution in [0.25, 0.3) is 0 Å². The van der Waals surface area contributed by atoms with Gasteiger partial charge >= 0.3 is 0 Å². The average Bonchev–Trinajstić information content (AvgIpc) is 2.82. The van der Waals surface area contributed by atoms with Gasteiger partial charge in [-0.2, -0.15) is 11.3 Å². The van der Waals surface area contributed by atoms with Crippen molar-refractivity contribution >= 4 is 22.9 Å². The van der Waals surface area contributed by atoms with E-state index in [2.05, 4.69) is 48.9 Å². The van der Waals surface area contributed by atoms with Gasteiger partial charge in [-0.1, -0.05) is 37.6 Å². The lowest BCUT2D eigenvalue weighted by Crippen LogP contribution is -1.94. The minimum atomic E-state index is -0.0172. The number of halogens is 1. The van der Waals surface area contributed by atoms with E-state index in [9.17, 15) is 0 Å². The van der Waals surface area contributed by atoms with Crippen molar-refractivity contribution in [1.29, 1.82) is 0 Å². The van der Waals surface area contributed by atoms with Crippen molar-refractivity contribution in [2.75, 3.05) is 0 Å². The van der Waals surface area contributed by atoms with E-state index in [1.807, 2.05) is 0 Å². The quantitative estimate of drug-likeness (QED) is 0.613. The largest absolute Gasteiger partial charge is 0.152 e. The third-order valence-electron chi connectivity index (χ3n) is 3.26. The number of hydrogen-bond acceptors (Lipinski definition) is 1. The molecule has 2 heteroatoms. The third-order valence-corrected chi connectivity index (χ3v) is 4.63. The van der Waals surface area contributed by atoms with Crippen molar-refractivity contribution in [3.8, 4) is 0 Å². The molecule has 0 nitrogen and oxygen atoms in total. The molecule has 0 N–H and O–H groups in total. The zero-order chi connectivity index (χ0) is 13.0. The molecular formula is C16H19ClS. The van der Waals surface area contributed by atoms with E-state index >= 15 is 0 Å². The van der Waals surface area contributed by atoms with Crippen LogP contribution in [0.5, 0.6) is 0 Å². The van der Waals surface area contributed by atoms with Gasteiger partial charge in [0.2, 0.25) is 0 Å². The van der Waals surface area contributed by atoms with Crippen LogP contribution in [0.3, 0.4) is 0 Å². The van der Waals surface area contributed by atoms with Crippen LogP contribution in [-0.2, 0) is 6.42 Å². The molecule has 0 saturated heterocycles. The minimum Gasteiger partial charge on any atom is -0.152 e. The second-order valence-corrected chi connectivity index (χ2v) is 5.90. The van der Waals surface area contributed by atoms with Gasteiger partial charge < -0.3 is 0 Å². The fourth-order valence-electron chi connectivity index (χ4n) is 2.04. The number of hydrogen-bond donors (Lipinski definition) is 0. The first-order chi connectivity index (χ1) is 8.72. The Labute approximate surface area is 119 Å². The molecule has 18 heavy (non-hydrogen) atoms. The Morgan fingerprint density at radius 3 is 2.44 bits per heavy atom. The molecular weight excluding hydrogens is 260 g/mol. The van der Waals surface area contributed by atoms with Gasteiger partial charge in [-0.05, 0) is 52.8 Å². The molecule has 0 aliphatic carbocycles. The van der Waals surface area contributed by atoms with Crippen molar-refractivity contribution in [3.05, 3.63) is 57.3 Å². The van der Waals surface area contributed by atoms with E-state index < -0.39 is 0 Å². The first kappa shape index (κ1) is 13.6. The van der Waals surface area contributed by atoms with Gasteiger partial charge in [-0.25, -0.2) is 0 Å². The number of unbranched alkanes of at least 4 members (excludes halogenated alkanes) is 1. The van der Waals surface area contributed by atoms with E-state index in [0.717, 1.165) is 0 Å². The maximum atomic E-state index is 6.54. The van der Waals surface area contributed by atoms with Crippen LogP contribution in [0.1, 0.15) is 47.4 Å². The number of thiophene rings is 1. The van der Waals surface area contributed by atoms with Gasteiger partial charge in [-0.3, -0.25) is 0 Å². The summed E-state index contributed by atoms with van der Waals surface area (Å²) < 4.78 is 0. The molecule has 0 saturated carbocycles. The molecule has 0 fully saturated rings. The summed E-state index contributed by atoms with van der Waals surface area (Å²) in [7, 11) is 0. The van der Waals surface area contributed by atoms with E-state index in [1.54, 1.807) is 11.3 Å². The molecule has 1 unspecified atom stereocenters. The zero-order valence-corrected chi connectivity index (χ0v) is 12.5. The molecule has 2 rings (SSSR count). The zero-order valence-electron chi connectivity index (χ0n) is 10.9. The molecule has 0 spiro atoms. The summed E-state index contributed by atoms with van der Waals surface area (Å²) in [6.45, 7) is 4.35. The van der Waals surface area contributed by atoms with Crippen molar-refractivity contribution in [1.82, 2.24) is 0 Å². The topological polar surface area (TPSA) is 0 Å². The Hall–Kier alpha value is -0.790. The highest BCUT2D eigenvalue weighted by atomic mass is 35.5. The summed E-state index contributed by atoms with van der Waals surface area (Å²) in [5.74, 6) is 0. The standard InChI is InChI=1S/C16H19ClS/c1-3-4-5-13-6-8-14(9-7-13)16(17)15-11-18-10-12(15)2/h6-11,16H,3-5H2,1-2H3. The van der Waals surface area contributed by atoms with E-state index in [1.165, 1.54) is 41.5 Å². The molecule has 96 valence electrons. The predicted octanol–water partition coefficient (Wildman–Crippen LogP) is 5.73. The SMILES string of the molecule is CCCCc1ccc(C(Cl)c2cscc2C)cc1. The van der Waals surface area contributed by atoms with Crippen molar-refractivity contribution in [2.45, 2.75) is 38.5 Å². The van der Waals surface area contributed by atoms with Crippen LogP contribution in [0.2, 0.25) is 0 Å². The molecule has 1 aromatic heterocycles. The van der Waals surface area contributed by atoms with Crippen LogP contribution in [-0.4, -0.2) is 0 Å². The fourth-order valence-corrected chi connectivity index (χ4v) is 3.38. The number of aryl methyl sites for hydroxylation is 2. The van der Waals surface area contributed by atoms with Gasteiger partial charge in [0.05, 0.1) is 5.38 Å². The van der Waals surface area contributed by atoms with Crippen molar-refractivity contribution < 1.29 is 0 Å². The summed E-state index contributed by atoms with van der Waals surface area (Å²) in [5.41, 5.74) is 5.13.